The van der Waals surface area contributed by atoms with Crippen LogP contribution in [0.5, 0.6) is 11.5 Å². The molecule has 3 rings (SSSR count). The lowest BCUT2D eigenvalue weighted by Crippen LogP contribution is -2.10. The van der Waals surface area contributed by atoms with Gasteiger partial charge in [0.1, 0.15) is 22.9 Å². The standard InChI is InChI=1S/C22H24N2O4/c1-2-17-20(10-9-18-19(25)11-14-28-21(17)18)27-13-4-3-12-26-16-7-5-15(6-8-16)22(23)24/h5-11,14H,2-4,12-13H2,1H3,(H3,23,24). The fourth-order valence-electron chi connectivity index (χ4n) is 2.97. The number of amidine groups is 1. The van der Waals surface area contributed by atoms with Gasteiger partial charge in [-0.2, -0.15) is 0 Å². The van der Waals surface area contributed by atoms with Crippen molar-refractivity contribution in [1.82, 2.24) is 0 Å². The Labute approximate surface area is 163 Å². The van der Waals surface area contributed by atoms with Gasteiger partial charge in [0.25, 0.3) is 0 Å². The molecule has 6 nitrogen and oxygen atoms in total. The Morgan fingerprint density at radius 3 is 2.43 bits per heavy atom. The lowest BCUT2D eigenvalue weighted by molar-refractivity contribution is 0.265. The molecule has 0 aliphatic carbocycles. The van der Waals surface area contributed by atoms with Gasteiger partial charge in [-0.25, -0.2) is 0 Å². The molecule has 28 heavy (non-hydrogen) atoms. The molecule has 0 radical (unpaired) electrons. The molecule has 146 valence electrons. The number of unbranched alkanes of at least 4 members (excludes halogenated alkanes) is 1. The molecule has 0 aliphatic heterocycles. The molecule has 0 fully saturated rings. The van der Waals surface area contributed by atoms with Gasteiger partial charge in [0.2, 0.25) is 0 Å². The summed E-state index contributed by atoms with van der Waals surface area (Å²) in [7, 11) is 0. The van der Waals surface area contributed by atoms with Gasteiger partial charge in [-0.05, 0) is 55.7 Å². The number of ether oxygens (including phenoxy) is 2. The molecule has 1 aromatic heterocycles. The third-order valence-electron chi connectivity index (χ3n) is 4.47. The van der Waals surface area contributed by atoms with Crippen LogP contribution in [0.2, 0.25) is 0 Å². The number of nitrogens with one attached hydrogen (secondary N) is 1. The molecule has 0 atom stereocenters. The molecule has 6 heteroatoms. The van der Waals surface area contributed by atoms with Crippen molar-refractivity contribution in [2.75, 3.05) is 13.2 Å². The van der Waals surface area contributed by atoms with Crippen molar-refractivity contribution in [3.63, 3.8) is 0 Å². The van der Waals surface area contributed by atoms with Crippen LogP contribution in [0.3, 0.4) is 0 Å². The second-order valence-electron chi connectivity index (χ2n) is 6.40. The van der Waals surface area contributed by atoms with Crippen molar-refractivity contribution in [2.24, 2.45) is 5.73 Å². The van der Waals surface area contributed by atoms with Crippen molar-refractivity contribution < 1.29 is 13.9 Å². The second-order valence-corrected chi connectivity index (χ2v) is 6.40. The molecule has 2 aromatic carbocycles. The van der Waals surface area contributed by atoms with E-state index >= 15 is 0 Å². The van der Waals surface area contributed by atoms with E-state index in [9.17, 15) is 4.79 Å². The van der Waals surface area contributed by atoms with Crippen LogP contribution >= 0.6 is 0 Å². The highest BCUT2D eigenvalue weighted by Gasteiger charge is 2.11. The first-order valence-corrected chi connectivity index (χ1v) is 9.33. The quantitative estimate of drug-likeness (QED) is 0.333. The monoisotopic (exact) mass is 380 g/mol. The molecule has 0 saturated carbocycles. The van der Waals surface area contributed by atoms with E-state index in [1.54, 1.807) is 18.2 Å². The van der Waals surface area contributed by atoms with Crippen molar-refractivity contribution in [2.45, 2.75) is 26.2 Å². The minimum Gasteiger partial charge on any atom is -0.494 e. The van der Waals surface area contributed by atoms with Crippen LogP contribution in [0, 0.1) is 5.41 Å². The molecule has 3 N–H and O–H groups in total. The van der Waals surface area contributed by atoms with Gasteiger partial charge in [0.05, 0.1) is 24.9 Å². The molecule has 0 saturated heterocycles. The molecular formula is C22H24N2O4. The molecule has 1 heterocycles. The topological polar surface area (TPSA) is 98.5 Å². The third kappa shape index (κ3) is 4.52. The number of hydrogen-bond acceptors (Lipinski definition) is 5. The first-order chi connectivity index (χ1) is 13.6. The summed E-state index contributed by atoms with van der Waals surface area (Å²) in [6.07, 6.45) is 3.83. The van der Waals surface area contributed by atoms with Crippen LogP contribution in [0.25, 0.3) is 11.0 Å². The highest BCUT2D eigenvalue weighted by molar-refractivity contribution is 5.94. The summed E-state index contributed by atoms with van der Waals surface area (Å²) in [5, 5.41) is 7.96. The Morgan fingerprint density at radius 1 is 1.04 bits per heavy atom. The smallest absolute Gasteiger partial charge is 0.192 e. The zero-order chi connectivity index (χ0) is 19.9. The average molecular weight is 380 g/mol. The van der Waals surface area contributed by atoms with E-state index < -0.39 is 0 Å². The van der Waals surface area contributed by atoms with E-state index in [4.69, 9.17) is 25.0 Å². The van der Waals surface area contributed by atoms with Gasteiger partial charge in [-0.3, -0.25) is 10.2 Å². The lowest BCUT2D eigenvalue weighted by Gasteiger charge is -2.12. The van der Waals surface area contributed by atoms with Crippen LogP contribution in [0.1, 0.15) is 30.9 Å². The van der Waals surface area contributed by atoms with Crippen LogP contribution in [-0.4, -0.2) is 19.0 Å². The number of hydrogen-bond donors (Lipinski definition) is 2. The predicted molar refractivity (Wildman–Crippen MR) is 110 cm³/mol. The zero-order valence-corrected chi connectivity index (χ0v) is 15.9. The number of benzene rings is 2. The zero-order valence-electron chi connectivity index (χ0n) is 15.9. The summed E-state index contributed by atoms with van der Waals surface area (Å²) < 4.78 is 17.2. The minimum atomic E-state index is -0.0454. The number of nitrogen functional groups attached to an aromatic ring is 1. The molecule has 0 unspecified atom stereocenters. The summed E-state index contributed by atoms with van der Waals surface area (Å²) in [5.41, 5.74) is 7.58. The van der Waals surface area contributed by atoms with Crippen LogP contribution in [0.15, 0.2) is 57.9 Å². The van der Waals surface area contributed by atoms with E-state index in [-0.39, 0.29) is 11.3 Å². The Hall–Kier alpha value is -3.28. The largest absolute Gasteiger partial charge is 0.494 e. The molecular weight excluding hydrogens is 356 g/mol. The number of nitrogens with two attached hydrogens (primary N) is 1. The van der Waals surface area contributed by atoms with E-state index in [1.807, 2.05) is 25.1 Å². The maximum atomic E-state index is 11.9. The fourth-order valence-corrected chi connectivity index (χ4v) is 2.97. The van der Waals surface area contributed by atoms with E-state index in [2.05, 4.69) is 0 Å². The lowest BCUT2D eigenvalue weighted by atomic mass is 10.1. The van der Waals surface area contributed by atoms with Gasteiger partial charge in [-0.15, -0.1) is 0 Å². The van der Waals surface area contributed by atoms with Gasteiger partial charge >= 0.3 is 0 Å². The predicted octanol–water partition coefficient (Wildman–Crippen LogP) is 3.88. The van der Waals surface area contributed by atoms with Crippen molar-refractivity contribution in [1.29, 1.82) is 5.41 Å². The Bertz CT molecular complexity index is 1010. The second kappa shape index (κ2) is 9.08. The number of aryl methyl sites for hydroxylation is 1. The first kappa shape index (κ1) is 19.5. The maximum Gasteiger partial charge on any atom is 0.192 e. The Kier molecular flexibility index (Phi) is 6.32. The fraction of sp³-hybridized carbons (Fsp3) is 0.273. The summed E-state index contributed by atoms with van der Waals surface area (Å²) in [6.45, 7) is 3.15. The highest BCUT2D eigenvalue weighted by atomic mass is 16.5. The third-order valence-corrected chi connectivity index (χ3v) is 4.47. The van der Waals surface area contributed by atoms with E-state index in [0.29, 0.717) is 29.7 Å². The molecule has 0 amide bonds. The van der Waals surface area contributed by atoms with Crippen LogP contribution < -0.4 is 20.6 Å². The molecule has 3 aromatic rings. The highest BCUT2D eigenvalue weighted by Crippen LogP contribution is 2.27. The van der Waals surface area contributed by atoms with E-state index in [0.717, 1.165) is 36.3 Å². The average Bonchev–Trinajstić information content (AvgIpc) is 2.70. The van der Waals surface area contributed by atoms with Crippen LogP contribution in [-0.2, 0) is 6.42 Å². The normalized spacial score (nSPS) is 10.8. The van der Waals surface area contributed by atoms with Gasteiger partial charge < -0.3 is 19.6 Å². The SMILES string of the molecule is CCc1c(OCCCCOc2ccc(C(=N)N)cc2)ccc2c(=O)ccoc12. The van der Waals surface area contributed by atoms with Crippen molar-refractivity contribution >= 4 is 16.8 Å². The maximum absolute atomic E-state index is 11.9. The molecule has 0 spiro atoms. The summed E-state index contributed by atoms with van der Waals surface area (Å²) in [5.74, 6) is 1.55. The first-order valence-electron chi connectivity index (χ1n) is 9.33. The van der Waals surface area contributed by atoms with Crippen molar-refractivity contribution in [3.05, 3.63) is 70.1 Å². The Morgan fingerprint density at radius 2 is 1.75 bits per heavy atom. The van der Waals surface area contributed by atoms with Gasteiger partial charge in [-0.1, -0.05) is 6.92 Å². The minimum absolute atomic E-state index is 0.0445. The van der Waals surface area contributed by atoms with Gasteiger partial charge in [0, 0.05) is 17.2 Å². The molecule has 0 aliphatic rings. The summed E-state index contributed by atoms with van der Waals surface area (Å²) in [6, 6.07) is 12.2. The number of fused-ring (bicyclic) bond motifs is 1. The summed E-state index contributed by atoms with van der Waals surface area (Å²) in [4.78, 5) is 11.9. The number of rotatable bonds is 9. The van der Waals surface area contributed by atoms with Gasteiger partial charge in [0.15, 0.2) is 5.43 Å². The summed E-state index contributed by atoms with van der Waals surface area (Å²) >= 11 is 0. The van der Waals surface area contributed by atoms with E-state index in [1.165, 1.54) is 12.3 Å². The Balaban J connectivity index is 1.49. The molecule has 0 bridgehead atoms. The van der Waals surface area contributed by atoms with Crippen LogP contribution in [0.4, 0.5) is 0 Å². The van der Waals surface area contributed by atoms with Crippen molar-refractivity contribution in [3.8, 4) is 11.5 Å².